The molecule has 1 atom stereocenters. The molecule has 0 spiro atoms. The molecule has 2 aromatic rings. The van der Waals surface area contributed by atoms with Crippen LogP contribution in [0.5, 0.6) is 5.75 Å². The number of ether oxygens (including phenoxy) is 1. The third kappa shape index (κ3) is 4.76. The summed E-state index contributed by atoms with van der Waals surface area (Å²) in [4.78, 5) is 12.2. The van der Waals surface area contributed by atoms with Gasteiger partial charge in [-0.25, -0.2) is 0 Å². The lowest BCUT2D eigenvalue weighted by molar-refractivity contribution is -0.122. The number of hydrogen-bond acceptors (Lipinski definition) is 2. The first kappa shape index (κ1) is 17.8. The molecule has 1 aliphatic rings. The fraction of sp³-hybridized carbons (Fsp3) is 0.381. The number of hydrogen-bond donors (Lipinski definition) is 1. The van der Waals surface area contributed by atoms with Crippen LogP contribution in [-0.2, 0) is 11.2 Å². The van der Waals surface area contributed by atoms with Crippen molar-refractivity contribution < 1.29 is 9.53 Å². The van der Waals surface area contributed by atoms with Crippen LogP contribution in [-0.4, -0.2) is 12.5 Å². The number of carbonyl (C=O) groups excluding carboxylic acids is 1. The lowest BCUT2D eigenvalue weighted by Crippen LogP contribution is -2.31. The van der Waals surface area contributed by atoms with Gasteiger partial charge in [-0.05, 0) is 67.5 Å². The summed E-state index contributed by atoms with van der Waals surface area (Å²) in [7, 11) is 0. The van der Waals surface area contributed by atoms with Crippen LogP contribution in [0.3, 0.4) is 0 Å². The molecule has 0 bridgehead atoms. The van der Waals surface area contributed by atoms with Crippen molar-refractivity contribution in [3.05, 3.63) is 64.2 Å². The van der Waals surface area contributed by atoms with E-state index in [2.05, 4.69) is 23.5 Å². The standard InChI is InChI=1S/C21H24ClNO2/c1-15-14-17(11-12-19(15)22)25-13-5-10-21(24)23-20-9-4-7-16-6-2-3-8-18(16)20/h2-3,6,8,11-12,14,20H,4-5,7,9-10,13H2,1H3,(H,23,24)/t20-/m0/s1. The summed E-state index contributed by atoms with van der Waals surface area (Å²) in [5, 5.41) is 3.91. The highest BCUT2D eigenvalue weighted by atomic mass is 35.5. The average molecular weight is 358 g/mol. The smallest absolute Gasteiger partial charge is 0.220 e. The monoisotopic (exact) mass is 357 g/mol. The zero-order valence-electron chi connectivity index (χ0n) is 14.6. The molecule has 132 valence electrons. The number of aryl methyl sites for hydroxylation is 2. The predicted molar refractivity (Wildman–Crippen MR) is 101 cm³/mol. The van der Waals surface area contributed by atoms with E-state index in [1.807, 2.05) is 31.2 Å². The highest BCUT2D eigenvalue weighted by molar-refractivity contribution is 6.31. The Kier molecular flexibility index (Phi) is 5.98. The van der Waals surface area contributed by atoms with E-state index in [9.17, 15) is 4.79 Å². The molecule has 0 fully saturated rings. The number of carbonyl (C=O) groups is 1. The second kappa shape index (κ2) is 8.39. The van der Waals surface area contributed by atoms with Crippen molar-refractivity contribution in [1.82, 2.24) is 5.32 Å². The first-order chi connectivity index (χ1) is 12.1. The quantitative estimate of drug-likeness (QED) is 0.739. The summed E-state index contributed by atoms with van der Waals surface area (Å²) in [6.07, 6.45) is 4.42. The SMILES string of the molecule is Cc1cc(OCCCC(=O)N[C@H]2CCCc3ccccc32)ccc1Cl. The molecule has 0 saturated carbocycles. The van der Waals surface area contributed by atoms with Crippen LogP contribution in [0.15, 0.2) is 42.5 Å². The highest BCUT2D eigenvalue weighted by Crippen LogP contribution is 2.29. The van der Waals surface area contributed by atoms with E-state index in [0.29, 0.717) is 19.4 Å². The minimum atomic E-state index is 0.0950. The molecule has 1 N–H and O–H groups in total. The molecule has 4 heteroatoms. The van der Waals surface area contributed by atoms with Gasteiger partial charge in [0.25, 0.3) is 0 Å². The largest absolute Gasteiger partial charge is 0.494 e. The first-order valence-corrected chi connectivity index (χ1v) is 9.27. The van der Waals surface area contributed by atoms with Crippen molar-refractivity contribution in [3.63, 3.8) is 0 Å². The fourth-order valence-electron chi connectivity index (χ4n) is 3.30. The van der Waals surface area contributed by atoms with Gasteiger partial charge in [-0.15, -0.1) is 0 Å². The molecule has 0 heterocycles. The van der Waals surface area contributed by atoms with Crippen LogP contribution in [0.2, 0.25) is 5.02 Å². The lowest BCUT2D eigenvalue weighted by Gasteiger charge is -2.26. The summed E-state index contributed by atoms with van der Waals surface area (Å²) < 4.78 is 5.70. The van der Waals surface area contributed by atoms with Gasteiger partial charge in [0, 0.05) is 11.4 Å². The maximum atomic E-state index is 12.2. The minimum absolute atomic E-state index is 0.0950. The molecular weight excluding hydrogens is 334 g/mol. The van der Waals surface area contributed by atoms with E-state index in [1.165, 1.54) is 11.1 Å². The maximum Gasteiger partial charge on any atom is 0.220 e. The molecule has 3 nitrogen and oxygen atoms in total. The number of rotatable bonds is 6. The zero-order chi connectivity index (χ0) is 17.6. The number of halogens is 1. The maximum absolute atomic E-state index is 12.2. The van der Waals surface area contributed by atoms with Crippen molar-refractivity contribution in [1.29, 1.82) is 0 Å². The molecule has 2 aromatic carbocycles. The van der Waals surface area contributed by atoms with Crippen molar-refractivity contribution in [2.45, 2.75) is 45.1 Å². The Morgan fingerprint density at radius 2 is 2.12 bits per heavy atom. The van der Waals surface area contributed by atoms with Gasteiger partial charge in [-0.2, -0.15) is 0 Å². The second-order valence-corrected chi connectivity index (χ2v) is 6.98. The van der Waals surface area contributed by atoms with Crippen LogP contribution >= 0.6 is 11.6 Å². The van der Waals surface area contributed by atoms with E-state index in [4.69, 9.17) is 16.3 Å². The molecular formula is C21H24ClNO2. The van der Waals surface area contributed by atoms with Gasteiger partial charge >= 0.3 is 0 Å². The van der Waals surface area contributed by atoms with Crippen LogP contribution in [0, 0.1) is 6.92 Å². The van der Waals surface area contributed by atoms with Crippen molar-refractivity contribution >= 4 is 17.5 Å². The first-order valence-electron chi connectivity index (χ1n) is 8.89. The number of benzene rings is 2. The van der Waals surface area contributed by atoms with Crippen LogP contribution in [0.4, 0.5) is 0 Å². The molecule has 0 unspecified atom stereocenters. The minimum Gasteiger partial charge on any atom is -0.494 e. The number of nitrogens with one attached hydrogen (secondary N) is 1. The molecule has 1 amide bonds. The van der Waals surface area contributed by atoms with Crippen molar-refractivity contribution in [3.8, 4) is 5.75 Å². The van der Waals surface area contributed by atoms with E-state index in [1.54, 1.807) is 0 Å². The van der Waals surface area contributed by atoms with Crippen LogP contribution in [0.1, 0.15) is 48.4 Å². The number of amides is 1. The number of fused-ring (bicyclic) bond motifs is 1. The predicted octanol–water partition coefficient (Wildman–Crippen LogP) is 5.00. The van der Waals surface area contributed by atoms with E-state index in [0.717, 1.165) is 35.6 Å². The molecule has 25 heavy (non-hydrogen) atoms. The zero-order valence-corrected chi connectivity index (χ0v) is 15.3. The summed E-state index contributed by atoms with van der Waals surface area (Å²) in [6.45, 7) is 2.47. The van der Waals surface area contributed by atoms with Gasteiger partial charge in [-0.3, -0.25) is 4.79 Å². The van der Waals surface area contributed by atoms with Gasteiger partial charge in [0.15, 0.2) is 0 Å². The second-order valence-electron chi connectivity index (χ2n) is 6.57. The molecule has 0 saturated heterocycles. The normalized spacial score (nSPS) is 16.2. The van der Waals surface area contributed by atoms with E-state index in [-0.39, 0.29) is 11.9 Å². The molecule has 3 rings (SSSR count). The molecule has 1 aliphatic carbocycles. The Balaban J connectivity index is 1.44. The summed E-state index contributed by atoms with van der Waals surface area (Å²) in [5.41, 5.74) is 3.63. The summed E-state index contributed by atoms with van der Waals surface area (Å²) >= 11 is 6.00. The lowest BCUT2D eigenvalue weighted by atomic mass is 9.87. The fourth-order valence-corrected chi connectivity index (χ4v) is 3.42. The Morgan fingerprint density at radius 3 is 2.96 bits per heavy atom. The third-order valence-corrected chi connectivity index (χ3v) is 5.08. The van der Waals surface area contributed by atoms with Crippen LogP contribution < -0.4 is 10.1 Å². The Bertz CT molecular complexity index is 744. The average Bonchev–Trinajstić information content (AvgIpc) is 2.62. The van der Waals surface area contributed by atoms with Crippen molar-refractivity contribution in [2.24, 2.45) is 0 Å². The topological polar surface area (TPSA) is 38.3 Å². The molecule has 0 aromatic heterocycles. The summed E-state index contributed by atoms with van der Waals surface area (Å²) in [6, 6.07) is 14.2. The van der Waals surface area contributed by atoms with Gasteiger partial charge in [0.2, 0.25) is 5.91 Å². The van der Waals surface area contributed by atoms with Gasteiger partial charge < -0.3 is 10.1 Å². The third-order valence-electron chi connectivity index (χ3n) is 4.65. The van der Waals surface area contributed by atoms with Crippen LogP contribution in [0.25, 0.3) is 0 Å². The molecule has 0 radical (unpaired) electrons. The van der Waals surface area contributed by atoms with Gasteiger partial charge in [-0.1, -0.05) is 35.9 Å². The Hall–Kier alpha value is -2.00. The van der Waals surface area contributed by atoms with Gasteiger partial charge in [0.05, 0.1) is 12.6 Å². The highest BCUT2D eigenvalue weighted by Gasteiger charge is 2.20. The van der Waals surface area contributed by atoms with Crippen molar-refractivity contribution in [2.75, 3.05) is 6.61 Å². The van der Waals surface area contributed by atoms with E-state index < -0.39 is 0 Å². The Morgan fingerprint density at radius 1 is 1.28 bits per heavy atom. The Labute approximate surface area is 154 Å². The van der Waals surface area contributed by atoms with Gasteiger partial charge in [0.1, 0.15) is 5.75 Å². The van der Waals surface area contributed by atoms with E-state index >= 15 is 0 Å². The summed E-state index contributed by atoms with van der Waals surface area (Å²) in [5.74, 6) is 0.890. The molecule has 0 aliphatic heterocycles.